The lowest BCUT2D eigenvalue weighted by Crippen LogP contribution is -2.16. The van der Waals surface area contributed by atoms with Crippen LogP contribution >= 0.6 is 0 Å². The Balaban J connectivity index is 3.12. The normalized spacial score (nSPS) is 12.9. The van der Waals surface area contributed by atoms with E-state index in [9.17, 15) is 18.0 Å². The van der Waals surface area contributed by atoms with Gasteiger partial charge in [-0.15, -0.1) is 0 Å². The van der Waals surface area contributed by atoms with Crippen molar-refractivity contribution >= 4 is 5.97 Å². The number of aliphatic hydroxyl groups is 1. The van der Waals surface area contributed by atoms with Crippen LogP contribution in [0.1, 0.15) is 22.8 Å². The molecule has 0 heterocycles. The number of carbonyl (C=O) groups excluding carboxylic acids is 1. The van der Waals surface area contributed by atoms with Crippen molar-refractivity contribution in [2.24, 2.45) is 0 Å². The lowest BCUT2D eigenvalue weighted by atomic mass is 10.1. The summed E-state index contributed by atoms with van der Waals surface area (Å²) in [6.45, 7) is 1.29. The second-order valence-electron chi connectivity index (χ2n) is 3.86. The van der Waals surface area contributed by atoms with E-state index in [2.05, 4.69) is 4.74 Å². The van der Waals surface area contributed by atoms with Crippen molar-refractivity contribution < 1.29 is 32.5 Å². The highest BCUT2D eigenvalue weighted by atomic mass is 19.4. The van der Waals surface area contributed by atoms with Gasteiger partial charge >= 0.3 is 12.1 Å². The molecule has 0 unspecified atom stereocenters. The minimum absolute atomic E-state index is 0.0825. The molecule has 106 valence electrons. The van der Waals surface area contributed by atoms with Crippen molar-refractivity contribution in [1.29, 1.82) is 0 Å². The molecule has 0 fully saturated rings. The fourth-order valence-electron chi connectivity index (χ4n) is 1.35. The van der Waals surface area contributed by atoms with E-state index in [1.807, 2.05) is 0 Å². The predicted molar refractivity (Wildman–Crippen MR) is 60.0 cm³/mol. The molecule has 0 aromatic heterocycles. The van der Waals surface area contributed by atoms with E-state index < -0.39 is 29.4 Å². The predicted octanol–water partition coefficient (Wildman–Crippen LogP) is 2.25. The Morgan fingerprint density at radius 1 is 1.42 bits per heavy atom. The van der Waals surface area contributed by atoms with E-state index in [4.69, 9.17) is 9.84 Å². The van der Waals surface area contributed by atoms with Gasteiger partial charge in [0.15, 0.2) is 0 Å². The summed E-state index contributed by atoms with van der Waals surface area (Å²) < 4.78 is 47.7. The molecule has 1 rings (SSSR count). The van der Waals surface area contributed by atoms with Crippen molar-refractivity contribution in [2.75, 3.05) is 13.7 Å². The third-order valence-corrected chi connectivity index (χ3v) is 2.19. The first-order valence-electron chi connectivity index (χ1n) is 5.36. The molecule has 7 heteroatoms. The summed E-state index contributed by atoms with van der Waals surface area (Å²) in [6, 6.07) is 2.89. The molecular formula is C12H13F3O4. The minimum atomic E-state index is -4.70. The summed E-state index contributed by atoms with van der Waals surface area (Å²) in [7, 11) is 1.00. The van der Waals surface area contributed by atoms with Crippen LogP contribution < -0.4 is 4.74 Å². The van der Waals surface area contributed by atoms with Crippen LogP contribution in [0.15, 0.2) is 18.2 Å². The monoisotopic (exact) mass is 278 g/mol. The maximum atomic E-state index is 12.8. The summed E-state index contributed by atoms with van der Waals surface area (Å²) in [4.78, 5) is 11.3. The van der Waals surface area contributed by atoms with Crippen LogP contribution in [0.5, 0.6) is 5.75 Å². The van der Waals surface area contributed by atoms with E-state index >= 15 is 0 Å². The number of alkyl halides is 3. The van der Waals surface area contributed by atoms with Crippen molar-refractivity contribution in [3.63, 3.8) is 0 Å². The highest BCUT2D eigenvalue weighted by Gasteiger charge is 2.36. The summed E-state index contributed by atoms with van der Waals surface area (Å²) >= 11 is 0. The number of hydrogen-bond donors (Lipinski definition) is 1. The summed E-state index contributed by atoms with van der Waals surface area (Å²) in [5, 5.41) is 9.00. The zero-order chi connectivity index (χ0) is 14.6. The number of benzene rings is 1. The van der Waals surface area contributed by atoms with Gasteiger partial charge in [-0.1, -0.05) is 0 Å². The average Bonchev–Trinajstić information content (AvgIpc) is 2.34. The van der Waals surface area contributed by atoms with Gasteiger partial charge in [-0.3, -0.25) is 0 Å². The fourth-order valence-corrected chi connectivity index (χ4v) is 1.35. The summed E-state index contributed by atoms with van der Waals surface area (Å²) in [5.74, 6) is -1.16. The van der Waals surface area contributed by atoms with Crippen LogP contribution in [0.25, 0.3) is 0 Å². The van der Waals surface area contributed by atoms with Gasteiger partial charge in [-0.2, -0.15) is 13.2 Å². The number of ether oxygens (including phenoxy) is 2. The smallest absolute Gasteiger partial charge is 0.417 e. The molecule has 0 spiro atoms. The van der Waals surface area contributed by atoms with Crippen LogP contribution in [0.4, 0.5) is 13.2 Å². The maximum absolute atomic E-state index is 12.8. The quantitative estimate of drug-likeness (QED) is 0.858. The molecule has 0 amide bonds. The molecule has 1 N–H and O–H groups in total. The molecule has 1 atom stereocenters. The number of hydrogen-bond acceptors (Lipinski definition) is 4. The Hall–Kier alpha value is -1.76. The molecule has 0 saturated carbocycles. The maximum Gasteiger partial charge on any atom is 0.417 e. The zero-order valence-electron chi connectivity index (χ0n) is 10.3. The Morgan fingerprint density at radius 3 is 2.53 bits per heavy atom. The van der Waals surface area contributed by atoms with Crippen LogP contribution in [-0.2, 0) is 10.9 Å². The Labute approximate surface area is 107 Å². The van der Waals surface area contributed by atoms with E-state index in [0.717, 1.165) is 13.2 Å². The van der Waals surface area contributed by atoms with Crippen molar-refractivity contribution in [2.45, 2.75) is 19.2 Å². The van der Waals surface area contributed by atoms with Gasteiger partial charge < -0.3 is 14.6 Å². The molecule has 0 aliphatic rings. The first-order valence-corrected chi connectivity index (χ1v) is 5.36. The van der Waals surface area contributed by atoms with E-state index in [1.54, 1.807) is 0 Å². The van der Waals surface area contributed by atoms with Gasteiger partial charge in [0.2, 0.25) is 0 Å². The Morgan fingerprint density at radius 2 is 2.05 bits per heavy atom. The molecule has 0 aliphatic carbocycles. The lowest BCUT2D eigenvalue weighted by Gasteiger charge is -2.14. The molecule has 0 aliphatic heterocycles. The number of rotatable bonds is 4. The third kappa shape index (κ3) is 4.13. The molecular weight excluding hydrogens is 265 g/mol. The second kappa shape index (κ2) is 5.92. The largest absolute Gasteiger partial charge is 0.491 e. The second-order valence-corrected chi connectivity index (χ2v) is 3.86. The van der Waals surface area contributed by atoms with Crippen LogP contribution in [-0.4, -0.2) is 30.9 Å². The van der Waals surface area contributed by atoms with Crippen LogP contribution in [0.2, 0.25) is 0 Å². The number of methoxy groups -OCH3 is 1. The SMILES string of the molecule is COC(=O)c1ccc(OC[C@H](C)O)cc1C(F)(F)F. The number of esters is 1. The first-order chi connectivity index (χ1) is 8.75. The van der Waals surface area contributed by atoms with Crippen LogP contribution in [0, 0.1) is 0 Å². The number of carbonyl (C=O) groups is 1. The fraction of sp³-hybridized carbons (Fsp3) is 0.417. The summed E-state index contributed by atoms with van der Waals surface area (Å²) in [5.41, 5.74) is -1.72. The van der Waals surface area contributed by atoms with E-state index in [0.29, 0.717) is 6.07 Å². The number of halogens is 3. The van der Waals surface area contributed by atoms with Gasteiger partial charge in [0.1, 0.15) is 12.4 Å². The molecule has 1 aromatic carbocycles. The zero-order valence-corrected chi connectivity index (χ0v) is 10.3. The minimum Gasteiger partial charge on any atom is -0.491 e. The van der Waals surface area contributed by atoms with Gasteiger partial charge in [-0.05, 0) is 25.1 Å². The van der Waals surface area contributed by atoms with E-state index in [-0.39, 0.29) is 12.4 Å². The van der Waals surface area contributed by atoms with Crippen molar-refractivity contribution in [1.82, 2.24) is 0 Å². The highest BCUT2D eigenvalue weighted by Crippen LogP contribution is 2.34. The van der Waals surface area contributed by atoms with Gasteiger partial charge in [0.25, 0.3) is 0 Å². The van der Waals surface area contributed by atoms with Crippen molar-refractivity contribution in [3.8, 4) is 5.75 Å². The molecule has 4 nitrogen and oxygen atoms in total. The number of aliphatic hydroxyl groups excluding tert-OH is 1. The van der Waals surface area contributed by atoms with Gasteiger partial charge in [-0.25, -0.2) is 4.79 Å². The Bertz CT molecular complexity index is 455. The first kappa shape index (κ1) is 15.3. The topological polar surface area (TPSA) is 55.8 Å². The summed E-state index contributed by atoms with van der Waals surface area (Å²) in [6.07, 6.45) is -5.51. The molecule has 1 aromatic rings. The standard InChI is InChI=1S/C12H13F3O4/c1-7(16)6-19-8-3-4-9(11(17)18-2)10(5-8)12(13,14)15/h3-5,7,16H,6H2,1-2H3/t7-/m0/s1. The molecule has 19 heavy (non-hydrogen) atoms. The van der Waals surface area contributed by atoms with Crippen LogP contribution in [0.3, 0.4) is 0 Å². The Kier molecular flexibility index (Phi) is 4.77. The molecule has 0 bridgehead atoms. The molecule has 0 radical (unpaired) electrons. The molecule has 0 saturated heterocycles. The highest BCUT2D eigenvalue weighted by molar-refractivity contribution is 5.91. The van der Waals surface area contributed by atoms with E-state index in [1.165, 1.54) is 13.0 Å². The van der Waals surface area contributed by atoms with Crippen molar-refractivity contribution in [3.05, 3.63) is 29.3 Å². The van der Waals surface area contributed by atoms with Gasteiger partial charge in [0, 0.05) is 0 Å². The lowest BCUT2D eigenvalue weighted by molar-refractivity contribution is -0.138. The third-order valence-electron chi connectivity index (χ3n) is 2.19. The van der Waals surface area contributed by atoms with Gasteiger partial charge in [0.05, 0.1) is 24.3 Å². The average molecular weight is 278 g/mol.